The lowest BCUT2D eigenvalue weighted by Crippen LogP contribution is -2.02. The third-order valence-corrected chi connectivity index (χ3v) is 4.69. The summed E-state index contributed by atoms with van der Waals surface area (Å²) >= 11 is 7.95. The van der Waals surface area contributed by atoms with Gasteiger partial charge in [0.15, 0.2) is 0 Å². The zero-order valence-electron chi connectivity index (χ0n) is 11.2. The molecule has 0 atom stereocenters. The quantitative estimate of drug-likeness (QED) is 0.756. The van der Waals surface area contributed by atoms with E-state index in [9.17, 15) is 0 Å². The second-order valence-corrected chi connectivity index (χ2v) is 6.35. The molecule has 0 aliphatic carbocycles. The SMILES string of the molecule is NCCc1cn(CCc2cccs2)c2cc(Cl)ccc12. The summed E-state index contributed by atoms with van der Waals surface area (Å²) in [5.41, 5.74) is 8.22. The highest BCUT2D eigenvalue weighted by Crippen LogP contribution is 2.25. The summed E-state index contributed by atoms with van der Waals surface area (Å²) in [6.45, 7) is 1.65. The van der Waals surface area contributed by atoms with E-state index in [1.54, 1.807) is 0 Å². The number of hydrogen-bond donors (Lipinski definition) is 1. The number of benzene rings is 1. The fraction of sp³-hybridized carbons (Fsp3) is 0.250. The van der Waals surface area contributed by atoms with E-state index in [-0.39, 0.29) is 0 Å². The minimum absolute atomic E-state index is 0.673. The second kappa shape index (κ2) is 6.00. The van der Waals surface area contributed by atoms with Crippen LogP contribution in [0.1, 0.15) is 10.4 Å². The van der Waals surface area contributed by atoms with Crippen LogP contribution in [0.2, 0.25) is 5.02 Å². The van der Waals surface area contributed by atoms with Crippen molar-refractivity contribution in [2.45, 2.75) is 19.4 Å². The molecule has 2 heterocycles. The highest BCUT2D eigenvalue weighted by atomic mass is 35.5. The van der Waals surface area contributed by atoms with Crippen LogP contribution in [-0.2, 0) is 19.4 Å². The zero-order valence-corrected chi connectivity index (χ0v) is 12.8. The number of hydrogen-bond acceptors (Lipinski definition) is 2. The summed E-state index contributed by atoms with van der Waals surface area (Å²) in [4.78, 5) is 1.41. The van der Waals surface area contributed by atoms with E-state index < -0.39 is 0 Å². The minimum Gasteiger partial charge on any atom is -0.347 e. The van der Waals surface area contributed by atoms with Crippen LogP contribution < -0.4 is 5.73 Å². The average Bonchev–Trinajstić information content (AvgIpc) is 3.05. The Labute approximate surface area is 127 Å². The van der Waals surface area contributed by atoms with Gasteiger partial charge in [-0.25, -0.2) is 0 Å². The third kappa shape index (κ3) is 2.75. The highest BCUT2D eigenvalue weighted by Gasteiger charge is 2.08. The van der Waals surface area contributed by atoms with Gasteiger partial charge in [-0.05, 0) is 48.5 Å². The van der Waals surface area contributed by atoms with Crippen LogP contribution >= 0.6 is 22.9 Å². The van der Waals surface area contributed by atoms with Gasteiger partial charge in [0.2, 0.25) is 0 Å². The topological polar surface area (TPSA) is 30.9 Å². The Kier molecular flexibility index (Phi) is 4.10. The normalized spacial score (nSPS) is 11.3. The summed E-state index contributed by atoms with van der Waals surface area (Å²) in [5.74, 6) is 0. The summed E-state index contributed by atoms with van der Waals surface area (Å²) in [7, 11) is 0. The lowest BCUT2D eigenvalue weighted by atomic mass is 10.1. The molecule has 0 fully saturated rings. The van der Waals surface area contributed by atoms with Gasteiger partial charge in [0.1, 0.15) is 0 Å². The molecule has 3 rings (SSSR count). The summed E-state index contributed by atoms with van der Waals surface area (Å²) in [6, 6.07) is 10.4. The predicted molar refractivity (Wildman–Crippen MR) is 87.7 cm³/mol. The Morgan fingerprint density at radius 2 is 2.10 bits per heavy atom. The molecule has 2 N–H and O–H groups in total. The molecule has 0 saturated carbocycles. The molecule has 20 heavy (non-hydrogen) atoms. The number of nitrogens with two attached hydrogens (primary N) is 1. The van der Waals surface area contributed by atoms with E-state index >= 15 is 0 Å². The van der Waals surface area contributed by atoms with Gasteiger partial charge in [-0.1, -0.05) is 23.7 Å². The maximum absolute atomic E-state index is 6.14. The van der Waals surface area contributed by atoms with Crippen LogP contribution in [0.5, 0.6) is 0 Å². The number of thiophene rings is 1. The van der Waals surface area contributed by atoms with E-state index in [0.717, 1.165) is 24.4 Å². The van der Waals surface area contributed by atoms with Crippen molar-refractivity contribution in [3.63, 3.8) is 0 Å². The van der Waals surface area contributed by atoms with Crippen molar-refractivity contribution in [3.8, 4) is 0 Å². The van der Waals surface area contributed by atoms with Crippen LogP contribution in [0.15, 0.2) is 41.9 Å². The van der Waals surface area contributed by atoms with Crippen molar-refractivity contribution in [1.82, 2.24) is 4.57 Å². The third-order valence-electron chi connectivity index (χ3n) is 3.52. The van der Waals surface area contributed by atoms with Gasteiger partial charge in [0, 0.05) is 33.5 Å². The first-order valence-corrected chi connectivity index (χ1v) is 8.03. The lowest BCUT2D eigenvalue weighted by Gasteiger charge is -2.04. The van der Waals surface area contributed by atoms with Gasteiger partial charge in [-0.2, -0.15) is 0 Å². The van der Waals surface area contributed by atoms with Gasteiger partial charge in [0.25, 0.3) is 0 Å². The standard InChI is InChI=1S/C16H17ClN2S/c17-13-3-4-15-12(5-7-18)11-19(16(15)10-13)8-6-14-2-1-9-20-14/h1-4,9-11H,5-8,18H2. The van der Waals surface area contributed by atoms with E-state index in [2.05, 4.69) is 34.3 Å². The molecular formula is C16H17ClN2S. The molecule has 0 saturated heterocycles. The van der Waals surface area contributed by atoms with E-state index in [4.69, 9.17) is 17.3 Å². The molecular weight excluding hydrogens is 288 g/mol. The monoisotopic (exact) mass is 304 g/mol. The summed E-state index contributed by atoms with van der Waals surface area (Å²) in [5, 5.41) is 4.18. The molecule has 0 aliphatic rings. The van der Waals surface area contributed by atoms with Crippen molar-refractivity contribution in [2.24, 2.45) is 5.73 Å². The van der Waals surface area contributed by atoms with E-state index in [1.165, 1.54) is 21.3 Å². The molecule has 0 spiro atoms. The zero-order chi connectivity index (χ0) is 13.9. The number of aryl methyl sites for hydroxylation is 2. The Bertz CT molecular complexity index is 701. The van der Waals surface area contributed by atoms with Crippen molar-refractivity contribution in [1.29, 1.82) is 0 Å². The molecule has 1 aromatic carbocycles. The Morgan fingerprint density at radius 1 is 1.20 bits per heavy atom. The number of halogens is 1. The van der Waals surface area contributed by atoms with Gasteiger partial charge < -0.3 is 10.3 Å². The maximum Gasteiger partial charge on any atom is 0.0498 e. The van der Waals surface area contributed by atoms with Crippen molar-refractivity contribution in [2.75, 3.05) is 6.54 Å². The van der Waals surface area contributed by atoms with Gasteiger partial charge >= 0.3 is 0 Å². The first kappa shape index (κ1) is 13.7. The molecule has 0 aliphatic heterocycles. The molecule has 3 aromatic rings. The van der Waals surface area contributed by atoms with E-state index in [1.807, 2.05) is 23.5 Å². The predicted octanol–water partition coefficient (Wildman–Crippen LogP) is 4.10. The summed E-state index contributed by atoms with van der Waals surface area (Å²) in [6.07, 6.45) is 4.18. The van der Waals surface area contributed by atoms with Gasteiger partial charge in [-0.3, -0.25) is 0 Å². The molecule has 0 amide bonds. The fourth-order valence-electron chi connectivity index (χ4n) is 2.57. The van der Waals surface area contributed by atoms with Crippen LogP contribution in [-0.4, -0.2) is 11.1 Å². The van der Waals surface area contributed by atoms with Crippen LogP contribution in [0.25, 0.3) is 10.9 Å². The molecule has 2 nitrogen and oxygen atoms in total. The lowest BCUT2D eigenvalue weighted by molar-refractivity contribution is 0.726. The second-order valence-electron chi connectivity index (χ2n) is 4.88. The number of rotatable bonds is 5. The number of fused-ring (bicyclic) bond motifs is 1. The van der Waals surface area contributed by atoms with Gasteiger partial charge in [0.05, 0.1) is 0 Å². The Balaban J connectivity index is 1.94. The van der Waals surface area contributed by atoms with Crippen LogP contribution in [0.3, 0.4) is 0 Å². The van der Waals surface area contributed by atoms with Crippen molar-refractivity contribution < 1.29 is 0 Å². The number of aromatic nitrogens is 1. The summed E-state index contributed by atoms with van der Waals surface area (Å²) < 4.78 is 2.30. The van der Waals surface area contributed by atoms with Crippen LogP contribution in [0.4, 0.5) is 0 Å². The molecule has 0 bridgehead atoms. The van der Waals surface area contributed by atoms with Crippen molar-refractivity contribution >= 4 is 33.8 Å². The molecule has 104 valence electrons. The number of nitrogens with zero attached hydrogens (tertiary/aromatic N) is 1. The first-order chi connectivity index (χ1) is 9.78. The average molecular weight is 305 g/mol. The molecule has 0 radical (unpaired) electrons. The fourth-order valence-corrected chi connectivity index (χ4v) is 3.43. The Morgan fingerprint density at radius 3 is 2.85 bits per heavy atom. The van der Waals surface area contributed by atoms with Crippen LogP contribution in [0, 0.1) is 0 Å². The molecule has 0 unspecified atom stereocenters. The van der Waals surface area contributed by atoms with Crippen molar-refractivity contribution in [3.05, 3.63) is 57.4 Å². The smallest absolute Gasteiger partial charge is 0.0498 e. The first-order valence-electron chi connectivity index (χ1n) is 6.77. The molecule has 4 heteroatoms. The largest absolute Gasteiger partial charge is 0.347 e. The molecule has 2 aromatic heterocycles. The maximum atomic E-state index is 6.14. The minimum atomic E-state index is 0.673. The van der Waals surface area contributed by atoms with E-state index in [0.29, 0.717) is 6.54 Å². The Hall–Kier alpha value is -1.29. The highest BCUT2D eigenvalue weighted by molar-refractivity contribution is 7.09. The van der Waals surface area contributed by atoms with Gasteiger partial charge in [-0.15, -0.1) is 11.3 Å².